The van der Waals surface area contributed by atoms with Gasteiger partial charge < -0.3 is 5.11 Å². The summed E-state index contributed by atoms with van der Waals surface area (Å²) in [5.74, 6) is 0.286. The van der Waals surface area contributed by atoms with Crippen molar-refractivity contribution in [3.05, 3.63) is 28.3 Å². The van der Waals surface area contributed by atoms with Crippen molar-refractivity contribution >= 4 is 5.78 Å². The van der Waals surface area contributed by atoms with Gasteiger partial charge in [0.25, 0.3) is 5.56 Å². The Bertz CT molecular complexity index is 483. The fourth-order valence-corrected chi connectivity index (χ4v) is 1.04. The lowest BCUT2D eigenvalue weighted by Crippen LogP contribution is -2.12. The van der Waals surface area contributed by atoms with E-state index in [0.717, 1.165) is 0 Å². The Morgan fingerprint density at radius 2 is 2.42 bits per heavy atom. The van der Waals surface area contributed by atoms with Crippen LogP contribution in [0.2, 0.25) is 0 Å². The van der Waals surface area contributed by atoms with Gasteiger partial charge in [0.2, 0.25) is 11.7 Å². The van der Waals surface area contributed by atoms with Crippen LogP contribution < -0.4 is 5.56 Å². The predicted octanol–water partition coefficient (Wildman–Crippen LogP) is 0.0366. The Hall–Kier alpha value is -1.78. The summed E-state index contributed by atoms with van der Waals surface area (Å²) in [6.07, 6.45) is 3.08. The van der Waals surface area contributed by atoms with E-state index in [1.807, 2.05) is 0 Å². The summed E-state index contributed by atoms with van der Waals surface area (Å²) in [7, 11) is 0. The van der Waals surface area contributed by atoms with Crippen molar-refractivity contribution < 1.29 is 5.11 Å². The van der Waals surface area contributed by atoms with E-state index in [9.17, 15) is 9.90 Å². The molecule has 0 fully saturated rings. The van der Waals surface area contributed by atoms with E-state index < -0.39 is 0 Å². The van der Waals surface area contributed by atoms with Gasteiger partial charge in [-0.1, -0.05) is 0 Å². The van der Waals surface area contributed by atoms with E-state index in [4.69, 9.17) is 0 Å². The molecular weight excluding hydrogens is 158 g/mol. The SMILES string of the molecule is Cc1c(O)n2ccnc2[nH]c1=O. The van der Waals surface area contributed by atoms with Crippen LogP contribution in [0.25, 0.3) is 5.78 Å². The molecule has 0 aliphatic rings. The van der Waals surface area contributed by atoms with Gasteiger partial charge in [0, 0.05) is 12.4 Å². The van der Waals surface area contributed by atoms with Crippen molar-refractivity contribution in [1.82, 2.24) is 14.4 Å². The molecule has 0 spiro atoms. The van der Waals surface area contributed by atoms with Crippen molar-refractivity contribution in [2.75, 3.05) is 0 Å². The highest BCUT2D eigenvalue weighted by atomic mass is 16.3. The Labute approximate surface area is 67.3 Å². The van der Waals surface area contributed by atoms with E-state index in [0.29, 0.717) is 11.3 Å². The maximum atomic E-state index is 11.1. The summed E-state index contributed by atoms with van der Waals surface area (Å²) >= 11 is 0. The Morgan fingerprint density at radius 1 is 1.67 bits per heavy atom. The van der Waals surface area contributed by atoms with Crippen molar-refractivity contribution in [2.45, 2.75) is 6.92 Å². The maximum Gasteiger partial charge on any atom is 0.259 e. The molecule has 0 saturated heterocycles. The van der Waals surface area contributed by atoms with Gasteiger partial charge in [-0.25, -0.2) is 4.98 Å². The zero-order chi connectivity index (χ0) is 8.72. The van der Waals surface area contributed by atoms with E-state index in [-0.39, 0.29) is 11.4 Å². The van der Waals surface area contributed by atoms with Crippen LogP contribution in [-0.2, 0) is 0 Å². The highest BCUT2D eigenvalue weighted by Crippen LogP contribution is 2.11. The normalized spacial score (nSPS) is 10.8. The Kier molecular flexibility index (Phi) is 1.21. The number of hydrogen-bond acceptors (Lipinski definition) is 3. The first-order valence-corrected chi connectivity index (χ1v) is 3.45. The van der Waals surface area contributed by atoms with E-state index >= 15 is 0 Å². The zero-order valence-electron chi connectivity index (χ0n) is 6.40. The van der Waals surface area contributed by atoms with Gasteiger partial charge >= 0.3 is 0 Å². The van der Waals surface area contributed by atoms with Gasteiger partial charge in [0.05, 0.1) is 5.56 Å². The Balaban J connectivity index is 3.04. The third-order valence-corrected chi connectivity index (χ3v) is 1.77. The molecule has 2 N–H and O–H groups in total. The molecule has 5 heteroatoms. The third-order valence-electron chi connectivity index (χ3n) is 1.77. The molecule has 0 aromatic carbocycles. The molecule has 0 amide bonds. The average molecular weight is 165 g/mol. The van der Waals surface area contributed by atoms with Gasteiger partial charge in [-0.15, -0.1) is 0 Å². The van der Waals surface area contributed by atoms with Gasteiger partial charge in [-0.2, -0.15) is 0 Å². The van der Waals surface area contributed by atoms with Gasteiger partial charge in [0.1, 0.15) is 0 Å². The monoisotopic (exact) mass is 165 g/mol. The van der Waals surface area contributed by atoms with Gasteiger partial charge in [-0.05, 0) is 6.92 Å². The largest absolute Gasteiger partial charge is 0.494 e. The van der Waals surface area contributed by atoms with Crippen LogP contribution in [0.5, 0.6) is 5.88 Å². The number of hydrogen-bond donors (Lipinski definition) is 2. The molecule has 0 bridgehead atoms. The second kappa shape index (κ2) is 2.10. The number of aromatic amines is 1. The first-order valence-electron chi connectivity index (χ1n) is 3.45. The van der Waals surface area contributed by atoms with Crippen LogP contribution >= 0.6 is 0 Å². The first-order chi connectivity index (χ1) is 5.70. The molecule has 62 valence electrons. The molecule has 0 unspecified atom stereocenters. The molecule has 2 rings (SSSR count). The highest BCUT2D eigenvalue weighted by Gasteiger charge is 2.06. The number of nitrogens with zero attached hydrogens (tertiary/aromatic N) is 2. The minimum atomic E-state index is -0.314. The highest BCUT2D eigenvalue weighted by molar-refractivity contribution is 5.36. The first kappa shape index (κ1) is 6.90. The summed E-state index contributed by atoms with van der Waals surface area (Å²) in [5, 5.41) is 9.43. The Morgan fingerprint density at radius 3 is 3.17 bits per heavy atom. The summed E-state index contributed by atoms with van der Waals surface area (Å²) in [5.41, 5.74) is -0.0216. The minimum Gasteiger partial charge on any atom is -0.494 e. The molecule has 0 aliphatic carbocycles. The van der Waals surface area contributed by atoms with E-state index in [2.05, 4.69) is 9.97 Å². The number of imidazole rings is 1. The molecule has 0 atom stereocenters. The summed E-state index contributed by atoms with van der Waals surface area (Å²) < 4.78 is 1.41. The fourth-order valence-electron chi connectivity index (χ4n) is 1.04. The lowest BCUT2D eigenvalue weighted by atomic mass is 10.4. The molecule has 2 heterocycles. The second-order valence-electron chi connectivity index (χ2n) is 2.52. The van der Waals surface area contributed by atoms with Gasteiger partial charge in [0.15, 0.2) is 0 Å². The lowest BCUT2D eigenvalue weighted by Gasteiger charge is -1.99. The molecule has 0 aliphatic heterocycles. The molecule has 0 saturated carbocycles. The molecule has 2 aromatic heterocycles. The van der Waals surface area contributed by atoms with Crippen LogP contribution in [0.3, 0.4) is 0 Å². The molecular formula is C7H7N3O2. The van der Waals surface area contributed by atoms with Crippen molar-refractivity contribution in [1.29, 1.82) is 0 Å². The lowest BCUT2D eigenvalue weighted by molar-refractivity contribution is 0.439. The zero-order valence-corrected chi connectivity index (χ0v) is 6.40. The number of H-pyrrole nitrogens is 1. The van der Waals surface area contributed by atoms with Crippen molar-refractivity contribution in [3.8, 4) is 5.88 Å². The quantitative estimate of drug-likeness (QED) is 0.578. The van der Waals surface area contributed by atoms with Crippen LogP contribution in [-0.4, -0.2) is 19.5 Å². The summed E-state index contributed by atoms with van der Waals surface area (Å²) in [4.78, 5) is 17.4. The average Bonchev–Trinajstić information content (AvgIpc) is 2.48. The summed E-state index contributed by atoms with van der Waals surface area (Å²) in [6.45, 7) is 1.55. The van der Waals surface area contributed by atoms with E-state index in [1.165, 1.54) is 10.6 Å². The minimum absolute atomic E-state index is 0.0637. The standard InChI is InChI=1S/C7H7N3O2/c1-4-5(11)9-7-8-2-3-10(7)6(4)12/h2-3,12H,1H3,(H,8,9,11). The maximum absolute atomic E-state index is 11.1. The second-order valence-corrected chi connectivity index (χ2v) is 2.52. The number of aromatic nitrogens is 3. The molecule has 5 nitrogen and oxygen atoms in total. The number of rotatable bonds is 0. The van der Waals surface area contributed by atoms with Crippen molar-refractivity contribution in [3.63, 3.8) is 0 Å². The topological polar surface area (TPSA) is 70.4 Å². The smallest absolute Gasteiger partial charge is 0.259 e. The van der Waals surface area contributed by atoms with Crippen LogP contribution in [0.15, 0.2) is 17.2 Å². The fraction of sp³-hybridized carbons (Fsp3) is 0.143. The number of nitrogens with one attached hydrogen (secondary N) is 1. The molecule has 12 heavy (non-hydrogen) atoms. The van der Waals surface area contributed by atoms with Crippen LogP contribution in [0.4, 0.5) is 0 Å². The molecule has 2 aromatic rings. The predicted molar refractivity (Wildman–Crippen MR) is 42.2 cm³/mol. The summed E-state index contributed by atoms with van der Waals surface area (Å²) in [6, 6.07) is 0. The van der Waals surface area contributed by atoms with Gasteiger partial charge in [-0.3, -0.25) is 14.2 Å². The van der Waals surface area contributed by atoms with E-state index in [1.54, 1.807) is 13.1 Å². The van der Waals surface area contributed by atoms with Crippen molar-refractivity contribution in [2.24, 2.45) is 0 Å². The molecule has 0 radical (unpaired) electrons. The van der Waals surface area contributed by atoms with Crippen LogP contribution in [0.1, 0.15) is 5.56 Å². The number of fused-ring (bicyclic) bond motifs is 1. The number of aromatic hydroxyl groups is 1. The van der Waals surface area contributed by atoms with Crippen LogP contribution in [0, 0.1) is 6.92 Å². The third kappa shape index (κ3) is 0.730.